The molecule has 148 valence electrons. The van der Waals surface area contributed by atoms with Crippen molar-refractivity contribution < 1.29 is 9.59 Å². The molecule has 0 saturated carbocycles. The average Bonchev–Trinajstić information content (AvgIpc) is 3.35. The van der Waals surface area contributed by atoms with Crippen LogP contribution in [-0.2, 0) is 11.3 Å². The largest absolute Gasteiger partial charge is 0.309 e. The van der Waals surface area contributed by atoms with Gasteiger partial charge in [-0.05, 0) is 36.7 Å². The number of carbonyl (C=O) groups is 2. The van der Waals surface area contributed by atoms with E-state index in [0.29, 0.717) is 10.8 Å². The standard InChI is InChI=1S/C21H26N4O2S/c1-3-24(4-2)13-14-25-17-9-6-5-8-16(17)22-21(25)23-20(27)12-11-18(26)19-10-7-15-28-19/h5-10,15H,3-4,11-14H2,1-2H3,(H,22,23,27). The maximum atomic E-state index is 12.4. The Bertz CT molecular complexity index is 929. The van der Waals surface area contributed by atoms with Gasteiger partial charge in [0.25, 0.3) is 0 Å². The van der Waals surface area contributed by atoms with Crippen LogP contribution in [-0.4, -0.2) is 45.8 Å². The first-order valence-corrected chi connectivity index (χ1v) is 10.5. The van der Waals surface area contributed by atoms with Crippen molar-refractivity contribution in [1.29, 1.82) is 0 Å². The summed E-state index contributed by atoms with van der Waals surface area (Å²) in [4.78, 5) is 32.2. The molecule has 2 heterocycles. The number of ketones is 1. The van der Waals surface area contributed by atoms with Crippen LogP contribution < -0.4 is 5.32 Å². The number of aromatic nitrogens is 2. The fraction of sp³-hybridized carbons (Fsp3) is 0.381. The highest BCUT2D eigenvalue weighted by atomic mass is 32.1. The lowest BCUT2D eigenvalue weighted by molar-refractivity contribution is -0.116. The predicted molar refractivity (Wildman–Crippen MR) is 114 cm³/mol. The van der Waals surface area contributed by atoms with Gasteiger partial charge in [0.2, 0.25) is 11.9 Å². The number of Topliss-reactive ketones (excluding diaryl/α,β-unsaturated/α-hetero) is 1. The highest BCUT2D eigenvalue weighted by Gasteiger charge is 2.15. The number of nitrogens with one attached hydrogen (secondary N) is 1. The number of imidazole rings is 1. The van der Waals surface area contributed by atoms with Crippen LogP contribution in [0.2, 0.25) is 0 Å². The van der Waals surface area contributed by atoms with Crippen molar-refractivity contribution >= 4 is 40.0 Å². The molecular formula is C21H26N4O2S. The second-order valence-electron chi connectivity index (χ2n) is 6.55. The molecule has 0 radical (unpaired) electrons. The van der Waals surface area contributed by atoms with E-state index in [2.05, 4.69) is 29.0 Å². The molecular weight excluding hydrogens is 372 g/mol. The zero-order valence-electron chi connectivity index (χ0n) is 16.4. The number of rotatable bonds is 10. The molecule has 0 saturated heterocycles. The summed E-state index contributed by atoms with van der Waals surface area (Å²) in [6, 6.07) is 11.5. The van der Waals surface area contributed by atoms with Crippen molar-refractivity contribution in [3.63, 3.8) is 0 Å². The van der Waals surface area contributed by atoms with Gasteiger partial charge in [-0.2, -0.15) is 0 Å². The molecule has 0 atom stereocenters. The second-order valence-corrected chi connectivity index (χ2v) is 7.50. The molecule has 6 nitrogen and oxygen atoms in total. The zero-order chi connectivity index (χ0) is 19.9. The molecule has 1 N–H and O–H groups in total. The molecule has 0 bridgehead atoms. The Morgan fingerprint density at radius 3 is 2.61 bits per heavy atom. The number of para-hydroxylation sites is 2. The van der Waals surface area contributed by atoms with E-state index in [1.54, 1.807) is 6.07 Å². The van der Waals surface area contributed by atoms with Gasteiger partial charge >= 0.3 is 0 Å². The summed E-state index contributed by atoms with van der Waals surface area (Å²) in [5.41, 5.74) is 1.85. The second kappa shape index (κ2) is 9.61. The van der Waals surface area contributed by atoms with E-state index in [1.165, 1.54) is 11.3 Å². The van der Waals surface area contributed by atoms with Gasteiger partial charge in [0, 0.05) is 25.9 Å². The number of benzene rings is 1. The summed E-state index contributed by atoms with van der Waals surface area (Å²) < 4.78 is 2.05. The lowest BCUT2D eigenvalue weighted by Gasteiger charge is -2.19. The molecule has 0 aliphatic carbocycles. The number of fused-ring (bicyclic) bond motifs is 1. The summed E-state index contributed by atoms with van der Waals surface area (Å²) in [5, 5.41) is 4.77. The van der Waals surface area contributed by atoms with E-state index in [0.717, 1.165) is 37.2 Å². The molecule has 28 heavy (non-hydrogen) atoms. The number of carbonyl (C=O) groups excluding carboxylic acids is 2. The third-order valence-corrected chi connectivity index (χ3v) is 5.73. The number of hydrogen-bond donors (Lipinski definition) is 1. The topological polar surface area (TPSA) is 67.2 Å². The molecule has 7 heteroatoms. The highest BCUT2D eigenvalue weighted by molar-refractivity contribution is 7.12. The van der Waals surface area contributed by atoms with Gasteiger partial charge in [-0.3, -0.25) is 14.9 Å². The van der Waals surface area contributed by atoms with Crippen LogP contribution in [0, 0.1) is 0 Å². The van der Waals surface area contributed by atoms with E-state index in [4.69, 9.17) is 0 Å². The van der Waals surface area contributed by atoms with Gasteiger partial charge in [-0.15, -0.1) is 11.3 Å². The van der Waals surface area contributed by atoms with Crippen LogP contribution in [0.25, 0.3) is 11.0 Å². The maximum absolute atomic E-state index is 12.4. The molecule has 0 aliphatic rings. The zero-order valence-corrected chi connectivity index (χ0v) is 17.2. The lowest BCUT2D eigenvalue weighted by Crippen LogP contribution is -2.27. The minimum Gasteiger partial charge on any atom is -0.309 e. The van der Waals surface area contributed by atoms with Crippen LogP contribution in [0.1, 0.15) is 36.4 Å². The SMILES string of the molecule is CCN(CC)CCn1c(NC(=O)CCC(=O)c2cccs2)nc2ccccc21. The molecule has 1 aromatic carbocycles. The van der Waals surface area contributed by atoms with Gasteiger partial charge in [0.1, 0.15) is 0 Å². The lowest BCUT2D eigenvalue weighted by atomic mass is 10.2. The Labute approximate surface area is 169 Å². The normalized spacial score (nSPS) is 11.2. The molecule has 0 unspecified atom stereocenters. The first-order chi connectivity index (χ1) is 13.6. The summed E-state index contributed by atoms with van der Waals surface area (Å²) in [5.74, 6) is 0.353. The summed E-state index contributed by atoms with van der Waals surface area (Å²) in [7, 11) is 0. The molecule has 0 fully saturated rings. The number of hydrogen-bond acceptors (Lipinski definition) is 5. The first kappa shape index (κ1) is 20.2. The van der Waals surface area contributed by atoms with Crippen molar-refractivity contribution in [2.75, 3.05) is 25.0 Å². The van der Waals surface area contributed by atoms with Gasteiger partial charge < -0.3 is 9.47 Å². The fourth-order valence-electron chi connectivity index (χ4n) is 3.15. The first-order valence-electron chi connectivity index (χ1n) is 9.66. The van der Waals surface area contributed by atoms with Crippen LogP contribution in [0.15, 0.2) is 41.8 Å². The average molecular weight is 399 g/mol. The minimum atomic E-state index is -0.190. The Morgan fingerprint density at radius 1 is 1.11 bits per heavy atom. The predicted octanol–water partition coefficient (Wildman–Crippen LogP) is 4.04. The van der Waals surface area contributed by atoms with Crippen molar-refractivity contribution in [3.05, 3.63) is 46.7 Å². The minimum absolute atomic E-state index is 0.000173. The third-order valence-electron chi connectivity index (χ3n) is 4.82. The van der Waals surface area contributed by atoms with E-state index in [1.807, 2.05) is 40.3 Å². The molecule has 0 spiro atoms. The van der Waals surface area contributed by atoms with E-state index in [-0.39, 0.29) is 24.5 Å². The molecule has 3 rings (SSSR count). The van der Waals surface area contributed by atoms with Crippen molar-refractivity contribution in [2.24, 2.45) is 0 Å². The maximum Gasteiger partial charge on any atom is 0.227 e. The van der Waals surface area contributed by atoms with Crippen LogP contribution in [0.3, 0.4) is 0 Å². The summed E-state index contributed by atoms with van der Waals surface area (Å²) >= 11 is 1.40. The van der Waals surface area contributed by atoms with Crippen molar-refractivity contribution in [2.45, 2.75) is 33.2 Å². The number of amides is 1. The highest BCUT2D eigenvalue weighted by Crippen LogP contribution is 2.20. The Hall–Kier alpha value is -2.51. The van der Waals surface area contributed by atoms with Crippen molar-refractivity contribution in [3.8, 4) is 0 Å². The van der Waals surface area contributed by atoms with Crippen LogP contribution in [0.4, 0.5) is 5.95 Å². The fourth-order valence-corrected chi connectivity index (χ4v) is 3.85. The number of nitrogens with zero attached hydrogens (tertiary/aromatic N) is 3. The number of likely N-dealkylation sites (N-methyl/N-ethyl adjacent to an activating group) is 1. The molecule has 2 aromatic heterocycles. The number of anilines is 1. The smallest absolute Gasteiger partial charge is 0.227 e. The number of thiophene rings is 1. The van der Waals surface area contributed by atoms with Crippen LogP contribution >= 0.6 is 11.3 Å². The molecule has 1 amide bonds. The Kier molecular flexibility index (Phi) is 6.95. The van der Waals surface area contributed by atoms with Crippen LogP contribution in [0.5, 0.6) is 0 Å². The van der Waals surface area contributed by atoms with E-state index >= 15 is 0 Å². The quantitative estimate of drug-likeness (QED) is 0.524. The summed E-state index contributed by atoms with van der Waals surface area (Å²) in [6.45, 7) is 7.87. The Balaban J connectivity index is 1.69. The third kappa shape index (κ3) is 4.85. The molecule has 0 aliphatic heterocycles. The monoisotopic (exact) mass is 398 g/mol. The van der Waals surface area contributed by atoms with E-state index < -0.39 is 0 Å². The molecule has 3 aromatic rings. The van der Waals surface area contributed by atoms with E-state index in [9.17, 15) is 9.59 Å². The van der Waals surface area contributed by atoms with Gasteiger partial charge in [-0.1, -0.05) is 32.0 Å². The summed E-state index contributed by atoms with van der Waals surface area (Å²) in [6.07, 6.45) is 0.349. The van der Waals surface area contributed by atoms with Crippen molar-refractivity contribution in [1.82, 2.24) is 14.5 Å². The Morgan fingerprint density at radius 2 is 1.89 bits per heavy atom. The van der Waals surface area contributed by atoms with Gasteiger partial charge in [0.15, 0.2) is 5.78 Å². The van der Waals surface area contributed by atoms with Gasteiger partial charge in [-0.25, -0.2) is 4.98 Å². The van der Waals surface area contributed by atoms with Gasteiger partial charge in [0.05, 0.1) is 15.9 Å².